The molecule has 6 heteroatoms. The molecule has 146 valence electrons. The Morgan fingerprint density at radius 3 is 2.57 bits per heavy atom. The van der Waals surface area contributed by atoms with Crippen molar-refractivity contribution in [2.75, 3.05) is 0 Å². The topological polar surface area (TPSA) is 69.0 Å². The van der Waals surface area contributed by atoms with E-state index in [2.05, 4.69) is 21.4 Å². The maximum absolute atomic E-state index is 12.5. The Hall–Kier alpha value is -2.89. The Kier molecular flexibility index (Phi) is 5.28. The van der Waals surface area contributed by atoms with Crippen molar-refractivity contribution < 1.29 is 9.53 Å². The zero-order valence-corrected chi connectivity index (χ0v) is 16.4. The maximum atomic E-state index is 12.5. The Bertz CT molecular complexity index is 953. The highest BCUT2D eigenvalue weighted by atomic mass is 16.5. The highest BCUT2D eigenvalue weighted by molar-refractivity contribution is 5.83. The number of amides is 1. The van der Waals surface area contributed by atoms with Gasteiger partial charge in [0.1, 0.15) is 12.6 Å². The molecule has 3 aromatic rings. The molecule has 0 spiro atoms. The largest absolute Gasteiger partial charge is 0.460 e. The molecule has 1 aromatic carbocycles. The van der Waals surface area contributed by atoms with Crippen LogP contribution in [0.4, 0.5) is 0 Å². The molecule has 0 bridgehead atoms. The molecule has 28 heavy (non-hydrogen) atoms. The molecular formula is C22H26N4O2. The lowest BCUT2D eigenvalue weighted by Gasteiger charge is -2.29. The van der Waals surface area contributed by atoms with Crippen molar-refractivity contribution >= 4 is 16.8 Å². The zero-order valence-electron chi connectivity index (χ0n) is 16.4. The predicted molar refractivity (Wildman–Crippen MR) is 108 cm³/mol. The summed E-state index contributed by atoms with van der Waals surface area (Å²) in [6.07, 6.45) is 5.70. The van der Waals surface area contributed by atoms with Gasteiger partial charge in [-0.2, -0.15) is 0 Å². The summed E-state index contributed by atoms with van der Waals surface area (Å²) in [6, 6.07) is 12.8. The molecule has 1 saturated carbocycles. The number of carbonyl (C=O) groups excluding carboxylic acids is 1. The van der Waals surface area contributed by atoms with Crippen molar-refractivity contribution in [3.8, 4) is 6.01 Å². The van der Waals surface area contributed by atoms with Crippen LogP contribution in [0.5, 0.6) is 6.01 Å². The van der Waals surface area contributed by atoms with E-state index in [1.54, 1.807) is 0 Å². The number of para-hydroxylation sites is 1. The van der Waals surface area contributed by atoms with E-state index >= 15 is 0 Å². The first kappa shape index (κ1) is 18.5. The van der Waals surface area contributed by atoms with Gasteiger partial charge in [0.05, 0.1) is 0 Å². The van der Waals surface area contributed by atoms with Gasteiger partial charge in [-0.3, -0.25) is 4.79 Å². The Balaban J connectivity index is 1.27. The van der Waals surface area contributed by atoms with Crippen LogP contribution in [0.25, 0.3) is 10.9 Å². The molecule has 1 aliphatic carbocycles. The minimum Gasteiger partial charge on any atom is -0.460 e. The van der Waals surface area contributed by atoms with Crippen molar-refractivity contribution in [2.24, 2.45) is 0 Å². The van der Waals surface area contributed by atoms with Crippen LogP contribution < -0.4 is 10.1 Å². The third-order valence-corrected chi connectivity index (χ3v) is 5.27. The Morgan fingerprint density at radius 2 is 1.82 bits per heavy atom. The van der Waals surface area contributed by atoms with Crippen LogP contribution in [-0.2, 0) is 11.3 Å². The minimum atomic E-state index is 0.0587. The second-order valence-corrected chi connectivity index (χ2v) is 7.59. The van der Waals surface area contributed by atoms with Gasteiger partial charge in [0.25, 0.3) is 0 Å². The summed E-state index contributed by atoms with van der Waals surface area (Å²) in [7, 11) is 0. The maximum Gasteiger partial charge on any atom is 0.317 e. The monoisotopic (exact) mass is 378 g/mol. The van der Waals surface area contributed by atoms with E-state index in [9.17, 15) is 4.79 Å². The lowest BCUT2D eigenvalue weighted by atomic mass is 9.93. The van der Waals surface area contributed by atoms with Gasteiger partial charge in [-0.05, 0) is 63.1 Å². The summed E-state index contributed by atoms with van der Waals surface area (Å²) in [5.41, 5.74) is 2.92. The second kappa shape index (κ2) is 8.00. The number of ether oxygens (including phenoxy) is 1. The minimum absolute atomic E-state index is 0.0587. The molecule has 1 N–H and O–H groups in total. The third kappa shape index (κ3) is 4.32. The fourth-order valence-corrected chi connectivity index (χ4v) is 3.93. The van der Waals surface area contributed by atoms with Crippen LogP contribution in [0.15, 0.2) is 42.6 Å². The van der Waals surface area contributed by atoms with Crippen LogP contribution in [0.3, 0.4) is 0 Å². The quantitative estimate of drug-likeness (QED) is 0.737. The molecular weight excluding hydrogens is 352 g/mol. The fourth-order valence-electron chi connectivity index (χ4n) is 3.93. The molecule has 2 aromatic heterocycles. The molecule has 0 radical (unpaired) electrons. The van der Waals surface area contributed by atoms with E-state index in [0.717, 1.165) is 48.0 Å². The first-order chi connectivity index (χ1) is 13.6. The summed E-state index contributed by atoms with van der Waals surface area (Å²) in [5, 5.41) is 4.33. The van der Waals surface area contributed by atoms with Gasteiger partial charge >= 0.3 is 6.01 Å². The van der Waals surface area contributed by atoms with Gasteiger partial charge in [-0.1, -0.05) is 18.2 Å². The van der Waals surface area contributed by atoms with Crippen LogP contribution in [0.1, 0.15) is 37.1 Å². The van der Waals surface area contributed by atoms with E-state index in [-0.39, 0.29) is 18.1 Å². The number of rotatable bonds is 5. The summed E-state index contributed by atoms with van der Waals surface area (Å²) in [5.74, 6) is 0.0587. The number of carbonyl (C=O) groups is 1. The standard InChI is InChI=1S/C22H26N4O2/c1-15-13-16(2)24-22(23-15)28-19-9-7-18(8-10-19)25-21(27)14-26-12-11-17-5-3-4-6-20(17)26/h3-6,11-13,18-19H,7-10,14H2,1-2H3,(H,25,27). The zero-order chi connectivity index (χ0) is 19.5. The van der Waals surface area contributed by atoms with Crippen molar-refractivity contribution in [2.45, 2.75) is 58.2 Å². The number of hydrogen-bond donors (Lipinski definition) is 1. The highest BCUT2D eigenvalue weighted by Gasteiger charge is 2.24. The normalized spacial score (nSPS) is 19.5. The smallest absolute Gasteiger partial charge is 0.317 e. The first-order valence-corrected chi connectivity index (χ1v) is 9.89. The lowest BCUT2D eigenvalue weighted by molar-refractivity contribution is -0.122. The average molecular weight is 378 g/mol. The van der Waals surface area contributed by atoms with Gasteiger partial charge in [0.15, 0.2) is 0 Å². The number of nitrogens with one attached hydrogen (secondary N) is 1. The van der Waals surface area contributed by atoms with Crippen LogP contribution in [-0.4, -0.2) is 32.6 Å². The van der Waals surface area contributed by atoms with E-state index in [1.165, 1.54) is 0 Å². The van der Waals surface area contributed by atoms with E-state index < -0.39 is 0 Å². The van der Waals surface area contributed by atoms with Crippen molar-refractivity contribution in [1.29, 1.82) is 0 Å². The summed E-state index contributed by atoms with van der Waals surface area (Å²) < 4.78 is 7.96. The number of aromatic nitrogens is 3. The molecule has 0 saturated heterocycles. The van der Waals surface area contributed by atoms with Gasteiger partial charge in [0.2, 0.25) is 5.91 Å². The van der Waals surface area contributed by atoms with Gasteiger partial charge in [0, 0.05) is 29.1 Å². The number of fused-ring (bicyclic) bond motifs is 1. The molecule has 4 rings (SSSR count). The summed E-state index contributed by atoms with van der Waals surface area (Å²) in [4.78, 5) is 21.2. The predicted octanol–water partition coefficient (Wildman–Crippen LogP) is 3.55. The van der Waals surface area contributed by atoms with Crippen molar-refractivity contribution in [3.05, 3.63) is 54.0 Å². The van der Waals surface area contributed by atoms with Crippen molar-refractivity contribution in [1.82, 2.24) is 19.9 Å². The summed E-state index contributed by atoms with van der Waals surface area (Å²) in [6.45, 7) is 4.24. The van der Waals surface area contributed by atoms with Gasteiger partial charge in [-0.15, -0.1) is 0 Å². The summed E-state index contributed by atoms with van der Waals surface area (Å²) >= 11 is 0. The van der Waals surface area contributed by atoms with Crippen LogP contribution >= 0.6 is 0 Å². The van der Waals surface area contributed by atoms with Gasteiger partial charge < -0.3 is 14.6 Å². The number of benzene rings is 1. The van der Waals surface area contributed by atoms with Crippen LogP contribution in [0.2, 0.25) is 0 Å². The molecule has 1 fully saturated rings. The van der Waals surface area contributed by atoms with Crippen molar-refractivity contribution in [3.63, 3.8) is 0 Å². The Labute approximate surface area is 164 Å². The fraction of sp³-hybridized carbons (Fsp3) is 0.409. The molecule has 6 nitrogen and oxygen atoms in total. The SMILES string of the molecule is Cc1cc(C)nc(OC2CCC(NC(=O)Cn3ccc4ccccc43)CC2)n1. The molecule has 0 aliphatic heterocycles. The average Bonchev–Trinajstić information content (AvgIpc) is 3.05. The van der Waals surface area contributed by atoms with E-state index in [1.807, 2.05) is 54.9 Å². The first-order valence-electron chi connectivity index (χ1n) is 9.89. The molecule has 1 aliphatic rings. The molecule has 0 atom stereocenters. The van der Waals surface area contributed by atoms with Gasteiger partial charge in [-0.25, -0.2) is 9.97 Å². The lowest BCUT2D eigenvalue weighted by Crippen LogP contribution is -2.41. The highest BCUT2D eigenvalue weighted by Crippen LogP contribution is 2.23. The third-order valence-electron chi connectivity index (χ3n) is 5.27. The van der Waals surface area contributed by atoms with Crippen LogP contribution in [0, 0.1) is 13.8 Å². The van der Waals surface area contributed by atoms with E-state index in [4.69, 9.17) is 4.74 Å². The number of hydrogen-bond acceptors (Lipinski definition) is 4. The molecule has 2 heterocycles. The van der Waals surface area contributed by atoms with E-state index in [0.29, 0.717) is 12.6 Å². The second-order valence-electron chi connectivity index (χ2n) is 7.59. The molecule has 1 amide bonds. The Morgan fingerprint density at radius 1 is 1.11 bits per heavy atom. The number of aryl methyl sites for hydroxylation is 2. The molecule has 0 unspecified atom stereocenters. The number of nitrogens with zero attached hydrogens (tertiary/aromatic N) is 3.